The first-order chi connectivity index (χ1) is 8.65. The molecule has 0 saturated carbocycles. The first-order valence-corrected chi connectivity index (χ1v) is 6.43. The van der Waals surface area contributed by atoms with Crippen molar-refractivity contribution in [2.75, 3.05) is 0 Å². The number of hydrogen-bond donors (Lipinski definition) is 0. The molecule has 0 N–H and O–H groups in total. The van der Waals surface area contributed by atoms with Crippen LogP contribution in [0.5, 0.6) is 0 Å². The number of aromatic nitrogens is 3. The van der Waals surface area contributed by atoms with E-state index in [1.165, 1.54) is 0 Å². The number of hydrogen-bond acceptors (Lipinski definition) is 3. The minimum absolute atomic E-state index is 0.0597. The van der Waals surface area contributed by atoms with Gasteiger partial charge in [-0.05, 0) is 19.4 Å². The van der Waals surface area contributed by atoms with Crippen molar-refractivity contribution in [1.29, 1.82) is 5.26 Å². The van der Waals surface area contributed by atoms with Crippen LogP contribution in [0.4, 0.5) is 0 Å². The zero-order valence-electron chi connectivity index (χ0n) is 10.5. The molecule has 0 bridgehead atoms. The molecule has 0 saturated heterocycles. The largest absolute Gasteiger partial charge is 0.311 e. The van der Waals surface area contributed by atoms with E-state index in [9.17, 15) is 0 Å². The molecular weight excluding hydrogens is 248 g/mol. The van der Waals surface area contributed by atoms with E-state index in [1.807, 2.05) is 17.6 Å². The maximum absolute atomic E-state index is 8.95. The Bertz CT molecular complexity index is 597. The third-order valence-corrected chi connectivity index (χ3v) is 2.99. The first-order valence-electron chi connectivity index (χ1n) is 6.06. The highest BCUT2D eigenvalue weighted by atomic mass is 35.5. The van der Waals surface area contributed by atoms with Crippen LogP contribution in [-0.2, 0) is 13.0 Å². The van der Waals surface area contributed by atoms with Crippen molar-refractivity contribution in [3.63, 3.8) is 0 Å². The summed E-state index contributed by atoms with van der Waals surface area (Å²) in [5, 5.41) is 9.53. The number of nitrogens with zero attached hydrogens (tertiary/aromatic N) is 4. The van der Waals surface area contributed by atoms with Crippen molar-refractivity contribution in [1.82, 2.24) is 14.5 Å². The molecule has 18 heavy (non-hydrogen) atoms. The van der Waals surface area contributed by atoms with Crippen molar-refractivity contribution in [2.45, 2.75) is 33.2 Å². The first kappa shape index (κ1) is 12.8. The summed E-state index contributed by atoms with van der Waals surface area (Å²) in [5.41, 5.74) is 1.61. The molecule has 0 radical (unpaired) electrons. The third kappa shape index (κ3) is 2.46. The summed E-state index contributed by atoms with van der Waals surface area (Å²) >= 11 is 5.93. The van der Waals surface area contributed by atoms with Crippen molar-refractivity contribution < 1.29 is 0 Å². The molecule has 1 unspecified atom stereocenters. The standard InChI is InChI=1S/C13H15ClN4/c1-3-4-12-17-11-5-10(14)7-16-13(11)18(12)8-9(2)6-15/h5,7,9H,3-4,8H2,1-2H3. The summed E-state index contributed by atoms with van der Waals surface area (Å²) < 4.78 is 2.03. The van der Waals surface area contributed by atoms with Gasteiger partial charge in [0.1, 0.15) is 11.3 Å². The molecule has 0 fully saturated rings. The van der Waals surface area contributed by atoms with Crippen LogP contribution in [0.2, 0.25) is 5.02 Å². The molecule has 4 nitrogen and oxygen atoms in total. The Morgan fingerprint density at radius 1 is 1.56 bits per heavy atom. The molecule has 0 aromatic carbocycles. The molecular formula is C13H15ClN4. The quantitative estimate of drug-likeness (QED) is 0.850. The van der Waals surface area contributed by atoms with E-state index >= 15 is 0 Å². The molecule has 2 aromatic rings. The van der Waals surface area contributed by atoms with Gasteiger partial charge in [0, 0.05) is 19.2 Å². The van der Waals surface area contributed by atoms with Gasteiger partial charge in [-0.15, -0.1) is 0 Å². The zero-order valence-corrected chi connectivity index (χ0v) is 11.3. The lowest BCUT2D eigenvalue weighted by atomic mass is 10.2. The minimum atomic E-state index is -0.0597. The van der Waals surface area contributed by atoms with E-state index in [0.29, 0.717) is 11.6 Å². The Morgan fingerprint density at radius 3 is 3.00 bits per heavy atom. The Hall–Kier alpha value is -1.60. The maximum atomic E-state index is 8.95. The van der Waals surface area contributed by atoms with Crippen LogP contribution in [0.15, 0.2) is 12.3 Å². The summed E-state index contributed by atoms with van der Waals surface area (Å²) in [7, 11) is 0. The average molecular weight is 263 g/mol. The van der Waals surface area contributed by atoms with Crippen LogP contribution in [-0.4, -0.2) is 14.5 Å². The Balaban J connectivity index is 2.52. The van der Waals surface area contributed by atoms with Gasteiger partial charge in [-0.2, -0.15) is 5.26 Å². The van der Waals surface area contributed by atoms with Gasteiger partial charge in [0.2, 0.25) is 0 Å². The minimum Gasteiger partial charge on any atom is -0.311 e. The monoisotopic (exact) mass is 262 g/mol. The second kappa shape index (κ2) is 5.36. The van der Waals surface area contributed by atoms with E-state index in [2.05, 4.69) is 23.0 Å². The van der Waals surface area contributed by atoms with E-state index in [4.69, 9.17) is 16.9 Å². The van der Waals surface area contributed by atoms with Gasteiger partial charge >= 0.3 is 0 Å². The van der Waals surface area contributed by atoms with Crippen LogP contribution in [0.3, 0.4) is 0 Å². The molecule has 2 heterocycles. The van der Waals surface area contributed by atoms with Crippen LogP contribution >= 0.6 is 11.6 Å². The molecule has 94 valence electrons. The number of rotatable bonds is 4. The van der Waals surface area contributed by atoms with Gasteiger partial charge in [-0.3, -0.25) is 0 Å². The highest BCUT2D eigenvalue weighted by Crippen LogP contribution is 2.20. The third-order valence-electron chi connectivity index (χ3n) is 2.78. The molecule has 0 spiro atoms. The zero-order chi connectivity index (χ0) is 13.1. The fourth-order valence-corrected chi connectivity index (χ4v) is 2.11. The second-order valence-corrected chi connectivity index (χ2v) is 4.85. The Labute approximate surface area is 111 Å². The summed E-state index contributed by atoms with van der Waals surface area (Å²) in [6.07, 6.45) is 3.51. The fraction of sp³-hybridized carbons (Fsp3) is 0.462. The van der Waals surface area contributed by atoms with Crippen LogP contribution in [0, 0.1) is 17.2 Å². The lowest BCUT2D eigenvalue weighted by Gasteiger charge is -2.08. The molecule has 1 atom stereocenters. The van der Waals surface area contributed by atoms with E-state index in [1.54, 1.807) is 6.20 Å². The summed E-state index contributed by atoms with van der Waals surface area (Å²) in [6.45, 7) is 4.63. The van der Waals surface area contributed by atoms with Crippen molar-refractivity contribution in [2.24, 2.45) is 5.92 Å². The number of imidazole rings is 1. The van der Waals surface area contributed by atoms with Gasteiger partial charge in [-0.25, -0.2) is 9.97 Å². The number of fused-ring (bicyclic) bond motifs is 1. The van der Waals surface area contributed by atoms with Crippen LogP contribution in [0.25, 0.3) is 11.2 Å². The van der Waals surface area contributed by atoms with Gasteiger partial charge in [-0.1, -0.05) is 18.5 Å². The number of nitriles is 1. The topological polar surface area (TPSA) is 54.5 Å². The molecule has 0 aliphatic rings. The summed E-state index contributed by atoms with van der Waals surface area (Å²) in [6, 6.07) is 4.06. The van der Waals surface area contributed by atoms with Crippen molar-refractivity contribution in [3.8, 4) is 6.07 Å². The van der Waals surface area contributed by atoms with Crippen LogP contribution < -0.4 is 0 Å². The fourth-order valence-electron chi connectivity index (χ4n) is 1.95. The van der Waals surface area contributed by atoms with Gasteiger partial charge < -0.3 is 4.57 Å². The molecule has 2 aromatic heterocycles. The Kier molecular flexibility index (Phi) is 3.83. The second-order valence-electron chi connectivity index (χ2n) is 4.42. The van der Waals surface area contributed by atoms with E-state index < -0.39 is 0 Å². The van der Waals surface area contributed by atoms with E-state index in [0.717, 1.165) is 29.8 Å². The van der Waals surface area contributed by atoms with Gasteiger partial charge in [0.05, 0.1) is 17.0 Å². The summed E-state index contributed by atoms with van der Waals surface area (Å²) in [5.74, 6) is 0.917. The Morgan fingerprint density at radius 2 is 2.33 bits per heavy atom. The van der Waals surface area contributed by atoms with Gasteiger partial charge in [0.25, 0.3) is 0 Å². The molecule has 0 aliphatic heterocycles. The highest BCUT2D eigenvalue weighted by Gasteiger charge is 2.13. The lowest BCUT2D eigenvalue weighted by Crippen LogP contribution is -2.10. The SMILES string of the molecule is CCCc1nc2cc(Cl)cnc2n1CC(C)C#N. The van der Waals surface area contributed by atoms with Crippen molar-refractivity contribution >= 4 is 22.8 Å². The number of pyridine rings is 1. The molecule has 0 amide bonds. The van der Waals surface area contributed by atoms with E-state index in [-0.39, 0.29) is 5.92 Å². The van der Waals surface area contributed by atoms with Crippen molar-refractivity contribution in [3.05, 3.63) is 23.1 Å². The predicted octanol–water partition coefficient (Wildman–Crippen LogP) is 3.20. The number of halogens is 1. The molecule has 0 aliphatic carbocycles. The lowest BCUT2D eigenvalue weighted by molar-refractivity contribution is 0.563. The average Bonchev–Trinajstić information content (AvgIpc) is 2.67. The smallest absolute Gasteiger partial charge is 0.160 e. The van der Waals surface area contributed by atoms with Gasteiger partial charge in [0.15, 0.2) is 5.65 Å². The number of aryl methyl sites for hydroxylation is 1. The normalized spacial score (nSPS) is 12.6. The molecule has 2 rings (SSSR count). The predicted molar refractivity (Wildman–Crippen MR) is 71.3 cm³/mol. The highest BCUT2D eigenvalue weighted by molar-refractivity contribution is 6.31. The maximum Gasteiger partial charge on any atom is 0.160 e. The summed E-state index contributed by atoms with van der Waals surface area (Å²) in [4.78, 5) is 8.89. The van der Waals surface area contributed by atoms with Crippen LogP contribution in [0.1, 0.15) is 26.1 Å². The molecule has 5 heteroatoms.